The normalized spacial score (nSPS) is 10.9. The molecule has 8 nitrogen and oxygen atoms in total. The van der Waals surface area contributed by atoms with Gasteiger partial charge in [0.2, 0.25) is 5.91 Å². The lowest BCUT2D eigenvalue weighted by molar-refractivity contribution is -0.114. The average molecular weight is 628 g/mol. The van der Waals surface area contributed by atoms with Crippen LogP contribution in [0.3, 0.4) is 0 Å². The topological polar surface area (TPSA) is 125 Å². The van der Waals surface area contributed by atoms with E-state index in [9.17, 15) is 19.2 Å². The van der Waals surface area contributed by atoms with E-state index in [-0.39, 0.29) is 22.9 Å². The smallest absolute Gasteiger partial charge is 0.335 e. The molecule has 0 saturated heterocycles. The van der Waals surface area contributed by atoms with Crippen LogP contribution in [0.1, 0.15) is 26.3 Å². The van der Waals surface area contributed by atoms with Gasteiger partial charge in [0.05, 0.1) is 11.3 Å². The van der Waals surface area contributed by atoms with Crippen LogP contribution in [-0.4, -0.2) is 34.6 Å². The summed E-state index contributed by atoms with van der Waals surface area (Å²) in [6.07, 6.45) is 1.62. The second kappa shape index (κ2) is 15.2. The van der Waals surface area contributed by atoms with Crippen molar-refractivity contribution in [3.63, 3.8) is 0 Å². The number of anilines is 2. The minimum Gasteiger partial charge on any atom is -0.478 e. The number of nitrogens with one attached hydrogen (secondary N) is 3. The van der Waals surface area contributed by atoms with Crippen molar-refractivity contribution in [1.82, 2.24) is 5.32 Å². The molecule has 0 atom stereocenters. The molecule has 0 unspecified atom stereocenters. The highest BCUT2D eigenvalue weighted by Crippen LogP contribution is 2.24. The number of hydrogen-bond acceptors (Lipinski definition) is 5. The molecule has 0 fully saturated rings. The first-order valence-electron chi connectivity index (χ1n) is 14.2. The van der Waals surface area contributed by atoms with Crippen LogP contribution < -0.4 is 16.0 Å². The fraction of sp³-hybridized carbons (Fsp3) is 0.0270. The SMILES string of the molecule is O=C(CSc1cccc(NC(=O)/C(=C\c2ccc(-c3ccccc3)cc2)NC(=O)c2ccccc2)c1)Nc1ccc(C(=O)O)cc1. The van der Waals surface area contributed by atoms with Crippen molar-refractivity contribution < 1.29 is 24.3 Å². The van der Waals surface area contributed by atoms with Crippen LogP contribution in [0.25, 0.3) is 17.2 Å². The van der Waals surface area contributed by atoms with E-state index >= 15 is 0 Å². The number of carboxylic acid groups (broad SMARTS) is 1. The quantitative estimate of drug-likeness (QED) is 0.0908. The second-order valence-electron chi connectivity index (χ2n) is 10.1. The fourth-order valence-corrected chi connectivity index (χ4v) is 5.17. The summed E-state index contributed by atoms with van der Waals surface area (Å²) in [4.78, 5) is 50.8. The Balaban J connectivity index is 1.27. The Morgan fingerprint density at radius 1 is 0.630 bits per heavy atom. The number of aromatic carboxylic acids is 1. The number of amides is 3. The van der Waals surface area contributed by atoms with E-state index in [1.165, 1.54) is 36.0 Å². The predicted octanol–water partition coefficient (Wildman–Crippen LogP) is 7.19. The molecule has 5 rings (SSSR count). The van der Waals surface area contributed by atoms with Gasteiger partial charge in [-0.25, -0.2) is 4.79 Å². The highest BCUT2D eigenvalue weighted by atomic mass is 32.2. The number of hydrogen-bond donors (Lipinski definition) is 4. The number of carbonyl (C=O) groups excluding carboxylic acids is 3. The van der Waals surface area contributed by atoms with Gasteiger partial charge in [-0.1, -0.05) is 78.9 Å². The molecule has 5 aromatic carbocycles. The van der Waals surface area contributed by atoms with E-state index in [0.717, 1.165) is 21.6 Å². The van der Waals surface area contributed by atoms with Crippen LogP contribution in [0.15, 0.2) is 144 Å². The second-order valence-corrected chi connectivity index (χ2v) is 11.1. The molecular formula is C37H29N3O5S. The highest BCUT2D eigenvalue weighted by molar-refractivity contribution is 8.00. The van der Waals surface area contributed by atoms with Gasteiger partial charge in [0.1, 0.15) is 5.70 Å². The maximum atomic E-state index is 13.5. The number of carboxylic acids is 1. The van der Waals surface area contributed by atoms with Gasteiger partial charge in [-0.05, 0) is 77.4 Å². The Labute approximate surface area is 270 Å². The highest BCUT2D eigenvalue weighted by Gasteiger charge is 2.16. The molecule has 0 heterocycles. The molecule has 4 N–H and O–H groups in total. The van der Waals surface area contributed by atoms with Crippen molar-refractivity contribution in [3.8, 4) is 11.1 Å². The molecule has 3 amide bonds. The lowest BCUT2D eigenvalue weighted by Gasteiger charge is -2.12. The van der Waals surface area contributed by atoms with E-state index in [1.807, 2.05) is 66.7 Å². The molecule has 228 valence electrons. The summed E-state index contributed by atoms with van der Waals surface area (Å²) in [7, 11) is 0. The van der Waals surface area contributed by atoms with Gasteiger partial charge in [-0.2, -0.15) is 0 Å². The maximum absolute atomic E-state index is 13.5. The van der Waals surface area contributed by atoms with Crippen molar-refractivity contribution in [2.45, 2.75) is 4.90 Å². The minimum atomic E-state index is -1.04. The largest absolute Gasteiger partial charge is 0.478 e. The molecule has 0 spiro atoms. The van der Waals surface area contributed by atoms with E-state index < -0.39 is 17.8 Å². The Bertz CT molecular complexity index is 1870. The van der Waals surface area contributed by atoms with E-state index in [0.29, 0.717) is 16.9 Å². The van der Waals surface area contributed by atoms with E-state index in [1.54, 1.807) is 48.5 Å². The third kappa shape index (κ3) is 8.81. The molecule has 5 aromatic rings. The van der Waals surface area contributed by atoms with Gasteiger partial charge in [-0.3, -0.25) is 14.4 Å². The molecular weight excluding hydrogens is 598 g/mol. The zero-order valence-electron chi connectivity index (χ0n) is 24.5. The Hall–Kier alpha value is -5.93. The zero-order chi connectivity index (χ0) is 32.3. The van der Waals surface area contributed by atoms with Crippen molar-refractivity contribution in [2.75, 3.05) is 16.4 Å². The van der Waals surface area contributed by atoms with Crippen molar-refractivity contribution >= 4 is 52.9 Å². The first-order chi connectivity index (χ1) is 22.3. The van der Waals surface area contributed by atoms with Crippen LogP contribution in [0.2, 0.25) is 0 Å². The number of carbonyl (C=O) groups is 4. The lowest BCUT2D eigenvalue weighted by atomic mass is 10.0. The molecule has 0 saturated carbocycles. The van der Waals surface area contributed by atoms with E-state index in [2.05, 4.69) is 16.0 Å². The van der Waals surface area contributed by atoms with Crippen molar-refractivity contribution in [3.05, 3.63) is 156 Å². The molecule has 0 aliphatic rings. The molecule has 46 heavy (non-hydrogen) atoms. The molecule has 0 aliphatic carbocycles. The van der Waals surface area contributed by atoms with Gasteiger partial charge in [-0.15, -0.1) is 11.8 Å². The fourth-order valence-electron chi connectivity index (χ4n) is 4.42. The number of thioether (sulfide) groups is 1. The van der Waals surface area contributed by atoms with Crippen LogP contribution in [0, 0.1) is 0 Å². The van der Waals surface area contributed by atoms with Gasteiger partial charge >= 0.3 is 5.97 Å². The van der Waals surface area contributed by atoms with Crippen LogP contribution in [0.4, 0.5) is 11.4 Å². The average Bonchev–Trinajstić information content (AvgIpc) is 3.08. The maximum Gasteiger partial charge on any atom is 0.335 e. The number of benzene rings is 5. The van der Waals surface area contributed by atoms with Crippen LogP contribution >= 0.6 is 11.8 Å². The summed E-state index contributed by atoms with van der Waals surface area (Å²) in [5.41, 5.74) is 4.40. The summed E-state index contributed by atoms with van der Waals surface area (Å²) < 4.78 is 0. The van der Waals surface area contributed by atoms with Gasteiger partial charge in [0.15, 0.2) is 0 Å². The van der Waals surface area contributed by atoms with Gasteiger partial charge in [0.25, 0.3) is 11.8 Å². The Morgan fingerprint density at radius 2 is 1.28 bits per heavy atom. The Morgan fingerprint density at radius 3 is 1.96 bits per heavy atom. The van der Waals surface area contributed by atoms with Crippen molar-refractivity contribution in [1.29, 1.82) is 0 Å². The van der Waals surface area contributed by atoms with Crippen LogP contribution in [-0.2, 0) is 9.59 Å². The minimum absolute atomic E-state index is 0.0627. The molecule has 0 aromatic heterocycles. The monoisotopic (exact) mass is 627 g/mol. The third-order valence-corrected chi connectivity index (χ3v) is 7.73. The third-order valence-electron chi connectivity index (χ3n) is 6.74. The predicted molar refractivity (Wildman–Crippen MR) is 182 cm³/mol. The first-order valence-corrected chi connectivity index (χ1v) is 15.2. The number of rotatable bonds is 11. The van der Waals surface area contributed by atoms with Gasteiger partial charge < -0.3 is 21.1 Å². The van der Waals surface area contributed by atoms with Crippen molar-refractivity contribution in [2.24, 2.45) is 0 Å². The molecule has 9 heteroatoms. The van der Waals surface area contributed by atoms with Crippen LogP contribution in [0.5, 0.6) is 0 Å². The molecule has 0 bridgehead atoms. The zero-order valence-corrected chi connectivity index (χ0v) is 25.3. The summed E-state index contributed by atoms with van der Waals surface area (Å²) in [5, 5.41) is 17.4. The molecule has 0 radical (unpaired) electrons. The summed E-state index contributed by atoms with van der Waals surface area (Å²) in [6.45, 7) is 0. The Kier molecular flexibility index (Phi) is 10.4. The first kappa shape index (κ1) is 31.5. The summed E-state index contributed by atoms with van der Waals surface area (Å²) in [6, 6.07) is 39.2. The summed E-state index contributed by atoms with van der Waals surface area (Å²) >= 11 is 1.27. The molecule has 0 aliphatic heterocycles. The van der Waals surface area contributed by atoms with E-state index in [4.69, 9.17) is 5.11 Å². The summed E-state index contributed by atoms with van der Waals surface area (Å²) in [5.74, 6) is -2.15. The van der Waals surface area contributed by atoms with Gasteiger partial charge in [0, 0.05) is 21.8 Å². The lowest BCUT2D eigenvalue weighted by Crippen LogP contribution is -2.30. The standard InChI is InChI=1S/C37H29N3O5S/c41-34(38-30-20-18-29(19-21-30)37(44)45)24-46-32-13-7-12-31(23-32)39-36(43)33(40-35(42)28-10-5-2-6-11-28)22-25-14-16-27(17-15-25)26-8-3-1-4-9-26/h1-23H,24H2,(H,38,41)(H,39,43)(H,40,42)(H,44,45)/b33-22+.